The van der Waals surface area contributed by atoms with Gasteiger partial charge in [0.05, 0.1) is 18.3 Å². The molecule has 0 spiro atoms. The summed E-state index contributed by atoms with van der Waals surface area (Å²) in [5.41, 5.74) is 0.444. The summed E-state index contributed by atoms with van der Waals surface area (Å²) in [4.78, 5) is 0. The second-order valence-corrected chi connectivity index (χ2v) is 10.1. The third kappa shape index (κ3) is 6.62. The van der Waals surface area contributed by atoms with E-state index in [4.69, 9.17) is 4.18 Å². The molecule has 11 heteroatoms. The van der Waals surface area contributed by atoms with Crippen LogP contribution >= 0.6 is 0 Å². The molecule has 0 N–H and O–H groups in total. The van der Waals surface area contributed by atoms with Gasteiger partial charge in [-0.25, -0.2) is 8.42 Å². The monoisotopic (exact) mass is 372 g/mol. The Morgan fingerprint density at radius 2 is 1.36 bits per heavy atom. The SMILES string of the molecule is Cc1c(CS(C)(=O)=O)cc(OS(C)(=O)=O)cc1OS(C)(=O)=O. The average Bonchev–Trinajstić information content (AvgIpc) is 2.18. The molecule has 0 saturated carbocycles. The summed E-state index contributed by atoms with van der Waals surface area (Å²) < 4.78 is 77.1. The first-order chi connectivity index (χ1) is 9.66. The fourth-order valence-corrected chi connectivity index (χ4v) is 3.43. The molecule has 0 fully saturated rings. The van der Waals surface area contributed by atoms with Gasteiger partial charge < -0.3 is 8.37 Å². The standard InChI is InChI=1S/C11H16O8S3/c1-8-9(7-20(2,12)13)5-10(18-21(3,14)15)6-11(8)19-22(4,16)17/h5-6H,7H2,1-4H3. The van der Waals surface area contributed by atoms with E-state index >= 15 is 0 Å². The maximum absolute atomic E-state index is 11.4. The molecule has 1 aromatic carbocycles. The highest BCUT2D eigenvalue weighted by atomic mass is 32.2. The van der Waals surface area contributed by atoms with Crippen molar-refractivity contribution in [3.63, 3.8) is 0 Å². The van der Waals surface area contributed by atoms with Crippen LogP contribution in [0.1, 0.15) is 11.1 Å². The van der Waals surface area contributed by atoms with Gasteiger partial charge in [0.1, 0.15) is 11.5 Å². The highest BCUT2D eigenvalue weighted by molar-refractivity contribution is 7.89. The topological polar surface area (TPSA) is 121 Å². The molecule has 0 bridgehead atoms. The van der Waals surface area contributed by atoms with Crippen molar-refractivity contribution in [2.24, 2.45) is 0 Å². The fraction of sp³-hybridized carbons (Fsp3) is 0.455. The molecule has 0 heterocycles. The molecule has 0 unspecified atom stereocenters. The molecule has 8 nitrogen and oxygen atoms in total. The minimum Gasteiger partial charge on any atom is -0.382 e. The number of sulfone groups is 1. The molecular weight excluding hydrogens is 356 g/mol. The van der Waals surface area contributed by atoms with Crippen molar-refractivity contribution in [3.05, 3.63) is 23.3 Å². The van der Waals surface area contributed by atoms with Crippen LogP contribution in [-0.2, 0) is 35.8 Å². The summed E-state index contributed by atoms with van der Waals surface area (Å²) in [6.45, 7) is 1.46. The van der Waals surface area contributed by atoms with Gasteiger partial charge in [0.15, 0.2) is 9.84 Å². The third-order valence-electron chi connectivity index (χ3n) is 2.35. The van der Waals surface area contributed by atoms with Crippen molar-refractivity contribution >= 4 is 30.1 Å². The molecule has 1 aromatic rings. The minimum atomic E-state index is -3.88. The summed E-state index contributed by atoms with van der Waals surface area (Å²) in [7, 11) is -11.2. The molecule has 126 valence electrons. The van der Waals surface area contributed by atoms with E-state index in [1.807, 2.05) is 0 Å². The predicted octanol–water partition coefficient (Wildman–Crippen LogP) is 0.216. The molecule has 0 saturated heterocycles. The van der Waals surface area contributed by atoms with E-state index in [1.165, 1.54) is 13.0 Å². The Morgan fingerprint density at radius 3 is 1.77 bits per heavy atom. The van der Waals surface area contributed by atoms with Crippen LogP contribution in [-0.4, -0.2) is 44.0 Å². The van der Waals surface area contributed by atoms with Crippen LogP contribution in [0.3, 0.4) is 0 Å². The Balaban J connectivity index is 3.49. The van der Waals surface area contributed by atoms with Crippen LogP contribution < -0.4 is 8.37 Å². The molecule has 0 aliphatic heterocycles. The molecular formula is C11H16O8S3. The van der Waals surface area contributed by atoms with Gasteiger partial charge in [-0.3, -0.25) is 0 Å². The van der Waals surface area contributed by atoms with Gasteiger partial charge >= 0.3 is 20.2 Å². The molecule has 0 atom stereocenters. The van der Waals surface area contributed by atoms with E-state index in [-0.39, 0.29) is 22.6 Å². The zero-order valence-electron chi connectivity index (χ0n) is 12.4. The van der Waals surface area contributed by atoms with Crippen molar-refractivity contribution in [2.45, 2.75) is 12.7 Å². The van der Waals surface area contributed by atoms with Crippen molar-refractivity contribution in [2.75, 3.05) is 18.8 Å². The molecule has 0 aliphatic rings. The Morgan fingerprint density at radius 1 is 0.864 bits per heavy atom. The largest absolute Gasteiger partial charge is 0.382 e. The Kier molecular flexibility index (Phi) is 5.15. The Labute approximate surface area is 130 Å². The van der Waals surface area contributed by atoms with Crippen molar-refractivity contribution in [1.29, 1.82) is 0 Å². The van der Waals surface area contributed by atoms with Crippen molar-refractivity contribution in [3.8, 4) is 11.5 Å². The number of benzene rings is 1. The molecule has 0 aromatic heterocycles. The highest BCUT2D eigenvalue weighted by Gasteiger charge is 2.18. The van der Waals surface area contributed by atoms with Gasteiger partial charge in [0, 0.05) is 12.3 Å². The van der Waals surface area contributed by atoms with Crippen LogP contribution in [0, 0.1) is 6.92 Å². The molecule has 1 rings (SSSR count). The number of hydrogen-bond acceptors (Lipinski definition) is 8. The molecule has 22 heavy (non-hydrogen) atoms. The van der Waals surface area contributed by atoms with Crippen LogP contribution in [0.15, 0.2) is 12.1 Å². The first kappa shape index (κ1) is 18.7. The Hall–Kier alpha value is -1.33. The maximum Gasteiger partial charge on any atom is 0.306 e. The van der Waals surface area contributed by atoms with E-state index in [1.54, 1.807) is 0 Å². The van der Waals surface area contributed by atoms with E-state index in [0.717, 1.165) is 24.8 Å². The van der Waals surface area contributed by atoms with Gasteiger partial charge in [-0.15, -0.1) is 0 Å². The van der Waals surface area contributed by atoms with Crippen LogP contribution in [0.2, 0.25) is 0 Å². The number of rotatable bonds is 6. The summed E-state index contributed by atoms with van der Waals surface area (Å²) >= 11 is 0. The molecule has 0 aliphatic carbocycles. The smallest absolute Gasteiger partial charge is 0.306 e. The molecule has 0 radical (unpaired) electrons. The average molecular weight is 372 g/mol. The summed E-state index contributed by atoms with van der Waals surface area (Å²) in [6.07, 6.45) is 2.61. The normalized spacial score (nSPS) is 12.9. The van der Waals surface area contributed by atoms with Crippen molar-refractivity contribution in [1.82, 2.24) is 0 Å². The lowest BCUT2D eigenvalue weighted by Crippen LogP contribution is -2.11. The fourth-order valence-electron chi connectivity index (χ4n) is 1.62. The van der Waals surface area contributed by atoms with E-state index < -0.39 is 35.8 Å². The lowest BCUT2D eigenvalue weighted by Gasteiger charge is -2.13. The first-order valence-corrected chi connectivity index (χ1v) is 11.5. The number of hydrogen-bond donors (Lipinski definition) is 0. The van der Waals surface area contributed by atoms with Gasteiger partial charge in [-0.1, -0.05) is 0 Å². The second-order valence-electron chi connectivity index (χ2n) is 4.85. The Bertz CT molecular complexity index is 824. The van der Waals surface area contributed by atoms with Gasteiger partial charge in [-0.05, 0) is 24.1 Å². The van der Waals surface area contributed by atoms with Crippen molar-refractivity contribution < 1.29 is 33.6 Å². The van der Waals surface area contributed by atoms with Crippen LogP contribution in [0.5, 0.6) is 11.5 Å². The predicted molar refractivity (Wildman–Crippen MR) is 80.7 cm³/mol. The second kappa shape index (κ2) is 6.05. The van der Waals surface area contributed by atoms with E-state index in [9.17, 15) is 25.3 Å². The van der Waals surface area contributed by atoms with Gasteiger partial charge in [-0.2, -0.15) is 16.8 Å². The molecule has 0 amide bonds. The van der Waals surface area contributed by atoms with E-state index in [2.05, 4.69) is 4.18 Å². The van der Waals surface area contributed by atoms with Gasteiger partial charge in [0.2, 0.25) is 0 Å². The first-order valence-electron chi connectivity index (χ1n) is 5.76. The summed E-state index contributed by atoms with van der Waals surface area (Å²) in [5, 5.41) is 0. The van der Waals surface area contributed by atoms with Crippen LogP contribution in [0.25, 0.3) is 0 Å². The van der Waals surface area contributed by atoms with Crippen LogP contribution in [0.4, 0.5) is 0 Å². The van der Waals surface area contributed by atoms with E-state index in [0.29, 0.717) is 0 Å². The minimum absolute atomic E-state index is 0.183. The lowest BCUT2D eigenvalue weighted by molar-refractivity contribution is 0.481. The quantitative estimate of drug-likeness (QED) is 0.650. The maximum atomic E-state index is 11.4. The zero-order valence-corrected chi connectivity index (χ0v) is 14.8. The summed E-state index contributed by atoms with van der Waals surface area (Å²) in [5.74, 6) is -0.840. The lowest BCUT2D eigenvalue weighted by atomic mass is 10.1. The third-order valence-corrected chi connectivity index (χ3v) is 4.16. The highest BCUT2D eigenvalue weighted by Crippen LogP contribution is 2.31. The zero-order chi connectivity index (χ0) is 17.3. The van der Waals surface area contributed by atoms with Gasteiger partial charge in [0.25, 0.3) is 0 Å². The summed E-state index contributed by atoms with van der Waals surface area (Å²) in [6, 6.07) is 2.29.